The summed E-state index contributed by atoms with van der Waals surface area (Å²) >= 11 is 0. The topological polar surface area (TPSA) is 65.1 Å². The maximum absolute atomic E-state index is 12.3. The maximum atomic E-state index is 12.3. The minimum Gasteiger partial charge on any atom is -0.493 e. The zero-order valence-corrected chi connectivity index (χ0v) is 16.9. The summed E-state index contributed by atoms with van der Waals surface area (Å²) in [5, 5.41) is 0. The number of carbonyl (C=O) groups excluding carboxylic acids is 2. The quantitative estimate of drug-likeness (QED) is 0.651. The average Bonchev–Trinajstić information content (AvgIpc) is 2.76. The Morgan fingerprint density at radius 1 is 1.03 bits per heavy atom. The first kappa shape index (κ1) is 20.7. The third-order valence-electron chi connectivity index (χ3n) is 5.12. The van der Waals surface area contributed by atoms with E-state index in [0.717, 1.165) is 18.4 Å². The molecule has 1 aliphatic heterocycles. The molecule has 0 spiro atoms. The van der Waals surface area contributed by atoms with Gasteiger partial charge in [0.05, 0.1) is 13.7 Å². The number of methoxy groups -OCH3 is 1. The van der Waals surface area contributed by atoms with Crippen molar-refractivity contribution in [3.8, 4) is 11.5 Å². The van der Waals surface area contributed by atoms with Gasteiger partial charge in [-0.1, -0.05) is 30.3 Å². The minimum atomic E-state index is -0.274. The molecule has 0 aromatic heterocycles. The predicted octanol–water partition coefficient (Wildman–Crippen LogP) is 4.33. The molecule has 0 N–H and O–H groups in total. The van der Waals surface area contributed by atoms with Crippen LogP contribution >= 0.6 is 0 Å². The van der Waals surface area contributed by atoms with Crippen molar-refractivity contribution in [3.63, 3.8) is 0 Å². The van der Waals surface area contributed by atoms with Crippen LogP contribution < -0.4 is 9.47 Å². The molecule has 0 saturated carbocycles. The van der Waals surface area contributed by atoms with Gasteiger partial charge >= 0.3 is 6.09 Å². The largest absolute Gasteiger partial charge is 0.493 e. The molecular weight excluding hydrogens is 370 g/mol. The molecule has 154 valence electrons. The van der Waals surface area contributed by atoms with E-state index < -0.39 is 0 Å². The fraction of sp³-hybridized carbons (Fsp3) is 0.391. The van der Waals surface area contributed by atoms with E-state index in [1.165, 1.54) is 6.92 Å². The molecule has 3 rings (SSSR count). The van der Waals surface area contributed by atoms with Crippen LogP contribution in [0.1, 0.15) is 35.7 Å². The number of rotatable bonds is 7. The lowest BCUT2D eigenvalue weighted by Gasteiger charge is -2.31. The van der Waals surface area contributed by atoms with Crippen molar-refractivity contribution in [3.05, 3.63) is 59.7 Å². The molecule has 0 atom stereocenters. The fourth-order valence-corrected chi connectivity index (χ4v) is 3.31. The van der Waals surface area contributed by atoms with E-state index in [4.69, 9.17) is 14.2 Å². The monoisotopic (exact) mass is 397 g/mol. The number of hydrogen-bond acceptors (Lipinski definition) is 5. The van der Waals surface area contributed by atoms with E-state index in [9.17, 15) is 9.59 Å². The number of amides is 1. The molecule has 0 radical (unpaired) electrons. The highest BCUT2D eigenvalue weighted by atomic mass is 16.6. The Balaban J connectivity index is 1.46. The summed E-state index contributed by atoms with van der Waals surface area (Å²) in [6.45, 7) is 3.62. The Labute approximate surface area is 171 Å². The van der Waals surface area contributed by atoms with Gasteiger partial charge in [0.2, 0.25) is 0 Å². The molecule has 1 fully saturated rings. The van der Waals surface area contributed by atoms with E-state index in [1.54, 1.807) is 30.2 Å². The predicted molar refractivity (Wildman–Crippen MR) is 109 cm³/mol. The van der Waals surface area contributed by atoms with Crippen LogP contribution in [-0.2, 0) is 11.3 Å². The summed E-state index contributed by atoms with van der Waals surface area (Å²) in [5.41, 5.74) is 1.57. The zero-order valence-electron chi connectivity index (χ0n) is 16.9. The highest BCUT2D eigenvalue weighted by Gasteiger charge is 2.24. The average molecular weight is 397 g/mol. The lowest BCUT2D eigenvalue weighted by Crippen LogP contribution is -2.40. The van der Waals surface area contributed by atoms with Gasteiger partial charge < -0.3 is 19.1 Å². The second kappa shape index (κ2) is 9.96. The SMILES string of the molecule is COc1ccc(C(C)=O)cc1OCC1CCN(C(=O)OCc2ccccc2)CC1. The number of nitrogens with zero attached hydrogens (tertiary/aromatic N) is 1. The van der Waals surface area contributed by atoms with Crippen LogP contribution in [-0.4, -0.2) is 43.6 Å². The second-order valence-corrected chi connectivity index (χ2v) is 7.20. The smallest absolute Gasteiger partial charge is 0.410 e. The Hall–Kier alpha value is -3.02. The third kappa shape index (κ3) is 5.73. The van der Waals surface area contributed by atoms with Crippen LogP contribution in [0.3, 0.4) is 0 Å². The Kier molecular flexibility index (Phi) is 7.11. The van der Waals surface area contributed by atoms with Crippen LogP contribution in [0.15, 0.2) is 48.5 Å². The van der Waals surface area contributed by atoms with Gasteiger partial charge in [-0.25, -0.2) is 4.79 Å². The third-order valence-corrected chi connectivity index (χ3v) is 5.12. The summed E-state index contributed by atoms with van der Waals surface area (Å²) in [7, 11) is 1.58. The molecular formula is C23H27NO5. The highest BCUT2D eigenvalue weighted by molar-refractivity contribution is 5.94. The zero-order chi connectivity index (χ0) is 20.6. The van der Waals surface area contributed by atoms with Crippen LogP contribution in [0, 0.1) is 5.92 Å². The molecule has 6 heteroatoms. The van der Waals surface area contributed by atoms with Crippen molar-refractivity contribution in [2.24, 2.45) is 5.92 Å². The molecule has 2 aromatic carbocycles. The van der Waals surface area contributed by atoms with Crippen molar-refractivity contribution in [1.82, 2.24) is 4.90 Å². The normalized spacial score (nSPS) is 14.3. The number of benzene rings is 2. The summed E-state index contributed by atoms with van der Waals surface area (Å²) in [5.74, 6) is 1.50. The van der Waals surface area contributed by atoms with E-state index in [0.29, 0.717) is 42.7 Å². The Morgan fingerprint density at radius 3 is 2.41 bits per heavy atom. The summed E-state index contributed by atoms with van der Waals surface area (Å²) < 4.78 is 16.7. The Bertz CT molecular complexity index is 828. The van der Waals surface area contributed by atoms with E-state index >= 15 is 0 Å². The first-order chi connectivity index (χ1) is 14.1. The number of piperidine rings is 1. The lowest BCUT2D eigenvalue weighted by atomic mass is 9.98. The van der Waals surface area contributed by atoms with Gasteiger partial charge in [0, 0.05) is 18.7 Å². The van der Waals surface area contributed by atoms with Crippen molar-refractivity contribution < 1.29 is 23.8 Å². The van der Waals surface area contributed by atoms with Gasteiger partial charge in [0.1, 0.15) is 6.61 Å². The van der Waals surface area contributed by atoms with Crippen LogP contribution in [0.5, 0.6) is 11.5 Å². The first-order valence-corrected chi connectivity index (χ1v) is 9.84. The van der Waals surface area contributed by atoms with Gasteiger partial charge in [0.25, 0.3) is 0 Å². The minimum absolute atomic E-state index is 0.0140. The van der Waals surface area contributed by atoms with Gasteiger partial charge in [0.15, 0.2) is 17.3 Å². The Morgan fingerprint density at radius 2 is 1.76 bits per heavy atom. The lowest BCUT2D eigenvalue weighted by molar-refractivity contribution is 0.0759. The van der Waals surface area contributed by atoms with E-state index in [1.807, 2.05) is 30.3 Å². The number of Topliss-reactive ketones (excluding diaryl/α,β-unsaturated/α-hetero) is 1. The number of ketones is 1. The molecule has 0 unspecified atom stereocenters. The molecule has 0 aliphatic carbocycles. The number of likely N-dealkylation sites (tertiary alicyclic amines) is 1. The summed E-state index contributed by atoms with van der Waals surface area (Å²) in [4.78, 5) is 25.6. The summed E-state index contributed by atoms with van der Waals surface area (Å²) in [6.07, 6.45) is 1.41. The number of hydrogen-bond donors (Lipinski definition) is 0. The molecule has 29 heavy (non-hydrogen) atoms. The first-order valence-electron chi connectivity index (χ1n) is 9.84. The molecule has 1 saturated heterocycles. The maximum Gasteiger partial charge on any atom is 0.410 e. The fourth-order valence-electron chi connectivity index (χ4n) is 3.31. The van der Waals surface area contributed by atoms with E-state index in [-0.39, 0.29) is 18.5 Å². The van der Waals surface area contributed by atoms with Gasteiger partial charge in [-0.3, -0.25) is 4.79 Å². The summed E-state index contributed by atoms with van der Waals surface area (Å²) in [6, 6.07) is 14.9. The van der Waals surface area contributed by atoms with E-state index in [2.05, 4.69) is 0 Å². The highest BCUT2D eigenvalue weighted by Crippen LogP contribution is 2.29. The molecule has 2 aromatic rings. The molecule has 1 amide bonds. The van der Waals surface area contributed by atoms with Crippen LogP contribution in [0.2, 0.25) is 0 Å². The molecule has 6 nitrogen and oxygen atoms in total. The molecule has 1 heterocycles. The van der Waals surface area contributed by atoms with Gasteiger partial charge in [-0.2, -0.15) is 0 Å². The molecule has 1 aliphatic rings. The van der Waals surface area contributed by atoms with Crippen molar-refractivity contribution in [2.45, 2.75) is 26.4 Å². The van der Waals surface area contributed by atoms with Crippen molar-refractivity contribution >= 4 is 11.9 Å². The van der Waals surface area contributed by atoms with Gasteiger partial charge in [-0.15, -0.1) is 0 Å². The number of ether oxygens (including phenoxy) is 3. The second-order valence-electron chi connectivity index (χ2n) is 7.20. The van der Waals surface area contributed by atoms with Gasteiger partial charge in [-0.05, 0) is 49.4 Å². The molecule has 0 bridgehead atoms. The van der Waals surface area contributed by atoms with Crippen LogP contribution in [0.4, 0.5) is 4.79 Å². The van der Waals surface area contributed by atoms with Crippen molar-refractivity contribution in [1.29, 1.82) is 0 Å². The number of carbonyl (C=O) groups is 2. The standard InChI is InChI=1S/C23H27NO5/c1-17(25)20-8-9-21(27-2)22(14-20)28-15-19-10-12-24(13-11-19)23(26)29-16-18-6-4-3-5-7-18/h3-9,14,19H,10-13,15-16H2,1-2H3. The van der Waals surface area contributed by atoms with Crippen molar-refractivity contribution in [2.75, 3.05) is 26.8 Å². The van der Waals surface area contributed by atoms with Crippen LogP contribution in [0.25, 0.3) is 0 Å².